The minimum atomic E-state index is -0.00575. The molecule has 2 aromatic heterocycles. The lowest BCUT2D eigenvalue weighted by Gasteiger charge is -2.20. The van der Waals surface area contributed by atoms with Gasteiger partial charge in [0, 0.05) is 33.9 Å². The molecule has 5 aromatic carbocycles. The van der Waals surface area contributed by atoms with Crippen LogP contribution in [0.2, 0.25) is 0 Å². The third kappa shape index (κ3) is 4.76. The Hall–Kier alpha value is -5.94. The first-order valence-corrected chi connectivity index (χ1v) is 16.9. The molecule has 0 fully saturated rings. The molecule has 0 amide bonds. The van der Waals surface area contributed by atoms with Gasteiger partial charge in [-0.2, -0.15) is 0 Å². The van der Waals surface area contributed by atoms with Crippen molar-refractivity contribution in [2.75, 3.05) is 0 Å². The normalized spacial score (nSPS) is 15.3. The number of fused-ring (bicyclic) bond motifs is 6. The summed E-state index contributed by atoms with van der Waals surface area (Å²) in [5, 5.41) is 10.4. The van der Waals surface area contributed by atoms with Crippen molar-refractivity contribution in [1.29, 1.82) is 0 Å². The molecular formula is C44H36N4O. The van der Waals surface area contributed by atoms with Gasteiger partial charge in [0.05, 0.1) is 16.3 Å². The topological polar surface area (TPSA) is 42.1 Å². The minimum Gasteiger partial charge on any atom is -0.423 e. The maximum absolute atomic E-state index is 6.97. The Morgan fingerprint density at radius 3 is 2.20 bits per heavy atom. The van der Waals surface area contributed by atoms with Crippen molar-refractivity contribution in [3.8, 4) is 11.6 Å². The van der Waals surface area contributed by atoms with Gasteiger partial charge in [-0.05, 0) is 69.9 Å². The molecular weight excluding hydrogens is 601 g/mol. The van der Waals surface area contributed by atoms with Gasteiger partial charge >= 0.3 is 0 Å². The van der Waals surface area contributed by atoms with Crippen molar-refractivity contribution < 1.29 is 9.31 Å². The highest BCUT2D eigenvalue weighted by Crippen LogP contribution is 2.36. The van der Waals surface area contributed by atoms with Crippen molar-refractivity contribution in [3.63, 3.8) is 0 Å². The lowest BCUT2D eigenvalue weighted by molar-refractivity contribution is -0.332. The van der Waals surface area contributed by atoms with Gasteiger partial charge in [-0.1, -0.05) is 118 Å². The summed E-state index contributed by atoms with van der Waals surface area (Å²) in [6.45, 7) is 8.90. The van der Waals surface area contributed by atoms with Crippen LogP contribution in [0.5, 0.6) is 5.75 Å². The Bertz CT molecular complexity index is 2730. The molecule has 4 heterocycles. The van der Waals surface area contributed by atoms with Crippen molar-refractivity contribution in [2.24, 2.45) is 0 Å². The van der Waals surface area contributed by atoms with Gasteiger partial charge in [0.15, 0.2) is 5.82 Å². The fourth-order valence-corrected chi connectivity index (χ4v) is 7.30. The van der Waals surface area contributed by atoms with Gasteiger partial charge in [-0.3, -0.25) is 9.88 Å². The van der Waals surface area contributed by atoms with E-state index in [1.165, 1.54) is 16.5 Å². The molecule has 1 atom stereocenters. The lowest BCUT2D eigenvalue weighted by atomic mass is 9.88. The smallest absolute Gasteiger partial charge is 0.284 e. The van der Waals surface area contributed by atoms with Crippen molar-refractivity contribution in [2.45, 2.75) is 39.0 Å². The maximum atomic E-state index is 6.97. The van der Waals surface area contributed by atoms with E-state index in [0.717, 1.165) is 60.4 Å². The van der Waals surface area contributed by atoms with Crippen LogP contribution in [0.25, 0.3) is 39.3 Å². The molecule has 238 valence electrons. The van der Waals surface area contributed by atoms with Crippen LogP contribution in [0.4, 0.5) is 5.69 Å². The maximum Gasteiger partial charge on any atom is 0.284 e. The lowest BCUT2D eigenvalue weighted by Crippen LogP contribution is -2.30. The van der Waals surface area contributed by atoms with Crippen LogP contribution in [0.1, 0.15) is 44.7 Å². The number of para-hydroxylation sites is 2. The molecule has 0 spiro atoms. The SMILES string of the molecule is CC1[C-]=[N+](C2=c3ccccc3=c3ccccc3=C(Oc3ccc4c5ccccc5n(-c5cc(C(C)(C)C)ccn5)c4c3)N2)c2ccccc21. The molecule has 1 unspecified atom stereocenters. The van der Waals surface area contributed by atoms with E-state index >= 15 is 0 Å². The first kappa shape index (κ1) is 29.2. The van der Waals surface area contributed by atoms with E-state index in [-0.39, 0.29) is 11.3 Å². The molecule has 0 radical (unpaired) electrons. The van der Waals surface area contributed by atoms with E-state index in [2.05, 4.69) is 176 Å². The molecule has 0 saturated carbocycles. The number of ether oxygens (including phenoxy) is 1. The minimum absolute atomic E-state index is 0.00575. The molecule has 1 N–H and O–H groups in total. The second-order valence-electron chi connectivity index (χ2n) is 13.9. The van der Waals surface area contributed by atoms with E-state index in [1.807, 2.05) is 6.20 Å². The number of hydrogen-bond donors (Lipinski definition) is 1. The van der Waals surface area contributed by atoms with Gasteiger partial charge in [-0.25, -0.2) is 4.98 Å². The van der Waals surface area contributed by atoms with E-state index in [0.29, 0.717) is 5.88 Å². The Balaban J connectivity index is 1.25. The highest BCUT2D eigenvalue weighted by molar-refractivity contribution is 6.09. The number of aromatic nitrogens is 2. The van der Waals surface area contributed by atoms with Crippen LogP contribution in [0, 0.1) is 10.4 Å². The number of hydrogen-bond acceptors (Lipinski definition) is 3. The number of benzene rings is 5. The van der Waals surface area contributed by atoms with Crippen LogP contribution < -0.4 is 20.5 Å². The van der Waals surface area contributed by atoms with Crippen LogP contribution in [0.3, 0.4) is 0 Å². The fourth-order valence-electron chi connectivity index (χ4n) is 7.30. The van der Waals surface area contributed by atoms with Crippen LogP contribution in [-0.4, -0.2) is 20.3 Å². The molecule has 9 rings (SSSR count). The fraction of sp³-hybridized carbons (Fsp3) is 0.136. The predicted octanol–water partition coefficient (Wildman–Crippen LogP) is 7.99. The second kappa shape index (κ2) is 11.1. The molecule has 0 saturated heterocycles. The summed E-state index contributed by atoms with van der Waals surface area (Å²) in [6, 6.07) is 44.8. The van der Waals surface area contributed by atoms with E-state index in [9.17, 15) is 0 Å². The molecule has 0 aliphatic carbocycles. The highest BCUT2D eigenvalue weighted by atomic mass is 16.5. The number of nitrogens with zero attached hydrogens (tertiary/aromatic N) is 3. The molecule has 5 nitrogen and oxygen atoms in total. The van der Waals surface area contributed by atoms with Gasteiger partial charge < -0.3 is 9.31 Å². The molecule has 2 aliphatic heterocycles. The summed E-state index contributed by atoms with van der Waals surface area (Å²) in [7, 11) is 0. The van der Waals surface area contributed by atoms with Crippen LogP contribution in [-0.2, 0) is 5.41 Å². The molecule has 5 heteroatoms. The Kier molecular flexibility index (Phi) is 6.60. The van der Waals surface area contributed by atoms with Crippen LogP contribution in [0.15, 0.2) is 134 Å². The average Bonchev–Trinajstić information content (AvgIpc) is 3.59. The molecule has 2 aliphatic rings. The molecule has 7 aromatic rings. The first-order valence-electron chi connectivity index (χ1n) is 16.9. The van der Waals surface area contributed by atoms with Crippen molar-refractivity contribution in [1.82, 2.24) is 14.9 Å². The Labute approximate surface area is 285 Å². The third-order valence-electron chi connectivity index (χ3n) is 9.77. The van der Waals surface area contributed by atoms with Gasteiger partial charge in [0.2, 0.25) is 0 Å². The van der Waals surface area contributed by atoms with Crippen LogP contribution >= 0.6 is 0 Å². The largest absolute Gasteiger partial charge is 0.423 e. The Morgan fingerprint density at radius 1 is 0.714 bits per heavy atom. The zero-order valence-electron chi connectivity index (χ0n) is 28.0. The zero-order valence-corrected chi connectivity index (χ0v) is 28.0. The van der Waals surface area contributed by atoms with E-state index in [1.54, 1.807) is 0 Å². The number of rotatable bonds is 4. The Morgan fingerprint density at radius 2 is 1.39 bits per heavy atom. The predicted molar refractivity (Wildman–Crippen MR) is 197 cm³/mol. The summed E-state index contributed by atoms with van der Waals surface area (Å²) in [6.07, 6.45) is 5.62. The molecule has 49 heavy (non-hydrogen) atoms. The number of nitrogens with one attached hydrogen (secondary N) is 1. The van der Waals surface area contributed by atoms with Gasteiger partial charge in [0.25, 0.3) is 5.88 Å². The second-order valence-corrected chi connectivity index (χ2v) is 13.9. The summed E-state index contributed by atoms with van der Waals surface area (Å²) >= 11 is 0. The van der Waals surface area contributed by atoms with E-state index < -0.39 is 0 Å². The number of pyridine rings is 1. The average molecular weight is 637 g/mol. The first-order chi connectivity index (χ1) is 23.8. The van der Waals surface area contributed by atoms with Gasteiger partial charge in [-0.15, -0.1) is 0 Å². The summed E-state index contributed by atoms with van der Waals surface area (Å²) in [5.74, 6) is 3.35. The standard InChI is InChI=1S/C44H36N4O/c1-28-27-47(38-19-11-9-13-31(28)38)42-36-17-7-5-14-32(36)33-15-6-8-18-37(33)43(46-42)49-30-21-22-35-34-16-10-12-20-39(34)48(40(35)26-30)41-25-29(23-24-45-41)44(2,3)4/h5-26,28,46H,1-4H3. The summed E-state index contributed by atoms with van der Waals surface area (Å²) in [4.78, 5) is 4.87. The summed E-state index contributed by atoms with van der Waals surface area (Å²) in [5.41, 5.74) is 5.75. The quantitative estimate of drug-likeness (QED) is 0.157. The monoisotopic (exact) mass is 636 g/mol. The zero-order chi connectivity index (χ0) is 33.3. The highest BCUT2D eigenvalue weighted by Gasteiger charge is 2.24. The summed E-state index contributed by atoms with van der Waals surface area (Å²) < 4.78 is 11.4. The van der Waals surface area contributed by atoms with Crippen molar-refractivity contribution >= 4 is 45.4 Å². The van der Waals surface area contributed by atoms with Gasteiger partial charge in [0.1, 0.15) is 11.6 Å². The third-order valence-corrected chi connectivity index (χ3v) is 9.77. The van der Waals surface area contributed by atoms with E-state index in [4.69, 9.17) is 9.72 Å². The van der Waals surface area contributed by atoms with Crippen molar-refractivity contribution in [3.05, 3.63) is 166 Å². The molecule has 0 bridgehead atoms.